The first-order valence-corrected chi connectivity index (χ1v) is 7.55. The van der Waals surface area contributed by atoms with Gasteiger partial charge >= 0.3 is 0 Å². The van der Waals surface area contributed by atoms with Gasteiger partial charge in [-0.3, -0.25) is 14.4 Å². The van der Waals surface area contributed by atoms with Crippen molar-refractivity contribution in [2.45, 2.75) is 12.6 Å². The molecule has 25 heavy (non-hydrogen) atoms. The fraction of sp³-hybridized carbons (Fsp3) is 0.267. The van der Waals surface area contributed by atoms with Gasteiger partial charge in [-0.05, 0) is 12.1 Å². The lowest BCUT2D eigenvalue weighted by atomic mass is 10.1. The Morgan fingerprint density at radius 2 is 1.96 bits per heavy atom. The highest BCUT2D eigenvalue weighted by Gasteiger charge is 2.22. The molecule has 10 heteroatoms. The van der Waals surface area contributed by atoms with Crippen molar-refractivity contribution in [3.63, 3.8) is 0 Å². The Kier molecular flexibility index (Phi) is 4.70. The van der Waals surface area contributed by atoms with E-state index in [4.69, 9.17) is 0 Å². The van der Waals surface area contributed by atoms with E-state index >= 15 is 0 Å². The summed E-state index contributed by atoms with van der Waals surface area (Å²) < 4.78 is 1.42. The second-order valence-corrected chi connectivity index (χ2v) is 5.37. The molecule has 0 unspecified atom stereocenters. The number of aliphatic hydroxyl groups excluding tert-OH is 1. The Labute approximate surface area is 142 Å². The van der Waals surface area contributed by atoms with Gasteiger partial charge in [-0.1, -0.05) is 17.3 Å². The highest BCUT2D eigenvalue weighted by atomic mass is 16.3. The van der Waals surface area contributed by atoms with Crippen LogP contribution in [-0.4, -0.2) is 57.0 Å². The summed E-state index contributed by atoms with van der Waals surface area (Å²) in [6.45, 7) is -0.833. The third kappa shape index (κ3) is 3.63. The molecule has 10 nitrogen and oxygen atoms in total. The van der Waals surface area contributed by atoms with Crippen LogP contribution in [0.2, 0.25) is 0 Å². The molecule has 130 valence electrons. The third-order valence-electron chi connectivity index (χ3n) is 3.62. The number of hydrogen-bond donors (Lipinski definition) is 4. The van der Waals surface area contributed by atoms with E-state index in [-0.39, 0.29) is 13.1 Å². The monoisotopic (exact) mass is 344 g/mol. The van der Waals surface area contributed by atoms with Crippen LogP contribution >= 0.6 is 0 Å². The minimum atomic E-state index is -1.12. The number of rotatable bonds is 1. The van der Waals surface area contributed by atoms with Crippen LogP contribution in [0.5, 0.6) is 0 Å². The molecule has 3 amide bonds. The molecular formula is C15H16N6O4. The molecule has 1 aliphatic rings. The minimum absolute atomic E-state index is 0.0690. The lowest BCUT2D eigenvalue weighted by Crippen LogP contribution is -2.51. The molecule has 1 aromatic carbocycles. The molecule has 0 radical (unpaired) electrons. The Balaban J connectivity index is 1.96. The number of hydrogen-bond acceptors (Lipinski definition) is 6. The van der Waals surface area contributed by atoms with Gasteiger partial charge in [0.15, 0.2) is 0 Å². The zero-order valence-corrected chi connectivity index (χ0v) is 13.1. The van der Waals surface area contributed by atoms with E-state index in [9.17, 15) is 19.5 Å². The van der Waals surface area contributed by atoms with Gasteiger partial charge in [0, 0.05) is 0 Å². The lowest BCUT2D eigenvalue weighted by Gasteiger charge is -2.16. The molecule has 0 saturated heterocycles. The number of nitrogens with zero attached hydrogens (tertiary/aromatic N) is 3. The van der Waals surface area contributed by atoms with Crippen LogP contribution in [0.15, 0.2) is 30.5 Å². The molecule has 0 aliphatic carbocycles. The molecule has 0 fully saturated rings. The molecule has 4 N–H and O–H groups in total. The molecular weight excluding hydrogens is 328 g/mol. The van der Waals surface area contributed by atoms with Gasteiger partial charge in [0.1, 0.15) is 11.7 Å². The molecule has 1 aliphatic heterocycles. The van der Waals surface area contributed by atoms with Gasteiger partial charge in [0.05, 0.1) is 37.1 Å². The summed E-state index contributed by atoms with van der Waals surface area (Å²) >= 11 is 0. The quantitative estimate of drug-likeness (QED) is 0.477. The number of benzene rings is 1. The van der Waals surface area contributed by atoms with E-state index < -0.39 is 30.4 Å². The van der Waals surface area contributed by atoms with E-state index in [1.807, 2.05) is 0 Å². The van der Waals surface area contributed by atoms with Gasteiger partial charge in [-0.2, -0.15) is 0 Å². The first kappa shape index (κ1) is 16.6. The first-order valence-electron chi connectivity index (χ1n) is 7.55. The molecule has 1 aromatic heterocycles. The number of fused-ring (bicyclic) bond motifs is 4. The van der Waals surface area contributed by atoms with Gasteiger partial charge in [-0.15, -0.1) is 5.10 Å². The van der Waals surface area contributed by atoms with Gasteiger partial charge < -0.3 is 21.1 Å². The summed E-state index contributed by atoms with van der Waals surface area (Å²) in [7, 11) is 0. The van der Waals surface area contributed by atoms with Crippen LogP contribution < -0.4 is 16.0 Å². The zero-order chi connectivity index (χ0) is 17.8. The number of carbonyl (C=O) groups excluding carboxylic acids is 3. The van der Waals surface area contributed by atoms with Gasteiger partial charge in [0.25, 0.3) is 5.91 Å². The second kappa shape index (κ2) is 7.09. The molecule has 0 spiro atoms. The number of para-hydroxylation sites is 1. The smallest absolute Gasteiger partial charge is 0.253 e. The number of aromatic nitrogens is 3. The lowest BCUT2D eigenvalue weighted by molar-refractivity contribution is -0.129. The topological polar surface area (TPSA) is 138 Å². The summed E-state index contributed by atoms with van der Waals surface area (Å²) in [6, 6.07) is 5.63. The van der Waals surface area contributed by atoms with Crippen LogP contribution in [0.3, 0.4) is 0 Å². The van der Waals surface area contributed by atoms with Crippen molar-refractivity contribution in [3.05, 3.63) is 41.7 Å². The second-order valence-electron chi connectivity index (χ2n) is 5.37. The van der Waals surface area contributed by atoms with Gasteiger partial charge in [0.2, 0.25) is 11.8 Å². The average Bonchev–Trinajstić information content (AvgIpc) is 3.10. The SMILES string of the molecule is O=C1CNC(=O)c2ccccc2-n2cc(nn2)CNC(=O)[C@H](CO)N1. The van der Waals surface area contributed by atoms with Crippen molar-refractivity contribution < 1.29 is 19.5 Å². The zero-order valence-electron chi connectivity index (χ0n) is 13.1. The van der Waals surface area contributed by atoms with Crippen molar-refractivity contribution in [2.24, 2.45) is 0 Å². The summed E-state index contributed by atoms with van der Waals surface area (Å²) in [4.78, 5) is 36.3. The van der Waals surface area contributed by atoms with Crippen LogP contribution in [0.1, 0.15) is 16.1 Å². The number of carbonyl (C=O) groups is 3. The molecule has 2 heterocycles. The maximum atomic E-state index is 12.4. The molecule has 2 bridgehead atoms. The average molecular weight is 344 g/mol. The Hall–Kier alpha value is -3.27. The highest BCUT2D eigenvalue weighted by Crippen LogP contribution is 2.14. The van der Waals surface area contributed by atoms with Crippen molar-refractivity contribution in [2.75, 3.05) is 13.2 Å². The molecule has 3 rings (SSSR count). The van der Waals surface area contributed by atoms with E-state index in [2.05, 4.69) is 26.3 Å². The predicted octanol–water partition coefficient (Wildman–Crippen LogP) is -1.90. The van der Waals surface area contributed by atoms with Crippen LogP contribution in [0, 0.1) is 0 Å². The van der Waals surface area contributed by atoms with Crippen molar-refractivity contribution >= 4 is 17.7 Å². The van der Waals surface area contributed by atoms with E-state index in [0.717, 1.165) is 0 Å². The van der Waals surface area contributed by atoms with Crippen LogP contribution in [0.25, 0.3) is 5.69 Å². The summed E-state index contributed by atoms with van der Waals surface area (Å²) in [5, 5.41) is 24.6. The normalized spacial score (nSPS) is 18.4. The van der Waals surface area contributed by atoms with Crippen LogP contribution in [0.4, 0.5) is 0 Å². The molecule has 0 saturated carbocycles. The fourth-order valence-corrected chi connectivity index (χ4v) is 2.36. The molecule has 1 atom stereocenters. The number of amides is 3. The van der Waals surface area contributed by atoms with E-state index in [1.165, 1.54) is 4.68 Å². The fourth-order valence-electron chi connectivity index (χ4n) is 2.36. The standard InChI is InChI=1S/C15H16N6O4/c22-8-11-15(25)16-5-9-7-21(20-19-9)12-4-2-1-3-10(12)14(24)17-6-13(23)18-11/h1-4,7,11,22H,5-6,8H2,(H,16,25)(H,17,24)(H,18,23)/t11-/m0/s1. The Morgan fingerprint density at radius 3 is 2.76 bits per heavy atom. The van der Waals surface area contributed by atoms with Crippen molar-refractivity contribution in [3.8, 4) is 5.69 Å². The van der Waals surface area contributed by atoms with Crippen molar-refractivity contribution in [1.29, 1.82) is 0 Å². The molecule has 2 aromatic rings. The summed E-state index contributed by atoms with van der Waals surface area (Å²) in [5.74, 6) is -1.62. The third-order valence-corrected chi connectivity index (χ3v) is 3.62. The Morgan fingerprint density at radius 1 is 1.16 bits per heavy atom. The first-order chi connectivity index (χ1) is 12.1. The van der Waals surface area contributed by atoms with E-state index in [0.29, 0.717) is 16.9 Å². The summed E-state index contributed by atoms with van der Waals surface area (Å²) in [5.41, 5.74) is 1.28. The highest BCUT2D eigenvalue weighted by molar-refractivity contribution is 5.99. The largest absolute Gasteiger partial charge is 0.394 e. The Bertz CT molecular complexity index is 818. The number of aliphatic hydroxyl groups is 1. The van der Waals surface area contributed by atoms with Crippen molar-refractivity contribution in [1.82, 2.24) is 30.9 Å². The predicted molar refractivity (Wildman–Crippen MR) is 84.6 cm³/mol. The minimum Gasteiger partial charge on any atom is -0.394 e. The maximum Gasteiger partial charge on any atom is 0.253 e. The van der Waals surface area contributed by atoms with Gasteiger partial charge in [-0.25, -0.2) is 4.68 Å². The number of nitrogens with one attached hydrogen (secondary N) is 3. The van der Waals surface area contributed by atoms with E-state index in [1.54, 1.807) is 30.5 Å². The maximum absolute atomic E-state index is 12.4. The van der Waals surface area contributed by atoms with Crippen LogP contribution in [-0.2, 0) is 16.1 Å². The summed E-state index contributed by atoms with van der Waals surface area (Å²) in [6.07, 6.45) is 1.59.